The molecule has 2 atom stereocenters. The fourth-order valence-corrected chi connectivity index (χ4v) is 4.66. The van der Waals surface area contributed by atoms with Crippen molar-refractivity contribution in [3.8, 4) is 0 Å². The number of pyridine rings is 1. The van der Waals surface area contributed by atoms with Gasteiger partial charge in [-0.05, 0) is 22.8 Å². The summed E-state index contributed by atoms with van der Waals surface area (Å²) in [5.74, 6) is 0. The van der Waals surface area contributed by atoms with E-state index in [1.807, 2.05) is 24.0 Å². The molecule has 0 spiro atoms. The van der Waals surface area contributed by atoms with Crippen molar-refractivity contribution in [3.63, 3.8) is 0 Å². The van der Waals surface area contributed by atoms with Crippen LogP contribution in [0.25, 0.3) is 0 Å². The number of benzene rings is 2. The molecule has 3 nitrogen and oxygen atoms in total. The third kappa shape index (κ3) is 4.78. The third-order valence-corrected chi connectivity index (χ3v) is 6.17. The quantitative estimate of drug-likeness (QED) is 0.643. The van der Waals surface area contributed by atoms with E-state index in [4.69, 9.17) is 9.72 Å². The van der Waals surface area contributed by atoms with Crippen LogP contribution in [0.15, 0.2) is 84.0 Å². The average molecular weight is 377 g/mol. The van der Waals surface area contributed by atoms with Crippen LogP contribution < -0.4 is 5.32 Å². The van der Waals surface area contributed by atoms with Crippen molar-refractivity contribution >= 4 is 11.8 Å². The molecule has 1 aliphatic heterocycles. The molecule has 0 saturated carbocycles. The standard InChI is InChI=1S/C23H24N2OS/c1-3-8-18(9-4-1)16-20-12-7-13-25-23(20)27-22(19-10-5-2-6-11-19)21-17-24-14-15-26-21/h1-13,21-22,24H,14-17H2/t21-,22?/m0/s1. The van der Waals surface area contributed by atoms with Crippen LogP contribution in [-0.4, -0.2) is 30.8 Å². The molecule has 0 amide bonds. The highest BCUT2D eigenvalue weighted by Gasteiger charge is 2.28. The molecule has 1 fully saturated rings. The number of ether oxygens (including phenoxy) is 1. The van der Waals surface area contributed by atoms with Gasteiger partial charge in [0, 0.05) is 25.7 Å². The molecule has 1 saturated heterocycles. The van der Waals surface area contributed by atoms with Gasteiger partial charge in [-0.3, -0.25) is 0 Å². The molecule has 27 heavy (non-hydrogen) atoms. The number of hydrogen-bond donors (Lipinski definition) is 1. The summed E-state index contributed by atoms with van der Waals surface area (Å²) < 4.78 is 6.11. The minimum Gasteiger partial charge on any atom is -0.374 e. The number of aromatic nitrogens is 1. The second kappa shape index (κ2) is 9.18. The minimum absolute atomic E-state index is 0.137. The molecule has 2 aromatic carbocycles. The molecule has 138 valence electrons. The third-order valence-electron chi connectivity index (χ3n) is 4.75. The molecule has 1 aliphatic rings. The van der Waals surface area contributed by atoms with Crippen LogP contribution in [0, 0.1) is 0 Å². The van der Waals surface area contributed by atoms with Crippen molar-refractivity contribution in [2.24, 2.45) is 0 Å². The predicted molar refractivity (Wildman–Crippen MR) is 111 cm³/mol. The summed E-state index contributed by atoms with van der Waals surface area (Å²) in [6.45, 7) is 2.55. The second-order valence-electron chi connectivity index (χ2n) is 6.69. The Bertz CT molecular complexity index is 835. The average Bonchev–Trinajstić information content (AvgIpc) is 2.75. The molecule has 3 aromatic rings. The van der Waals surface area contributed by atoms with E-state index in [-0.39, 0.29) is 11.4 Å². The lowest BCUT2D eigenvalue weighted by Crippen LogP contribution is -2.41. The van der Waals surface area contributed by atoms with E-state index >= 15 is 0 Å². The molecular weight excluding hydrogens is 352 g/mol. The molecule has 0 radical (unpaired) electrons. The largest absolute Gasteiger partial charge is 0.374 e. The highest BCUT2D eigenvalue weighted by molar-refractivity contribution is 7.99. The number of thioether (sulfide) groups is 1. The van der Waals surface area contributed by atoms with Crippen molar-refractivity contribution < 1.29 is 4.74 Å². The fourth-order valence-electron chi connectivity index (χ4n) is 3.38. The molecule has 4 heteroatoms. The summed E-state index contributed by atoms with van der Waals surface area (Å²) in [5, 5.41) is 4.77. The van der Waals surface area contributed by atoms with Gasteiger partial charge in [-0.2, -0.15) is 0 Å². The smallest absolute Gasteiger partial charge is 0.100 e. The van der Waals surface area contributed by atoms with E-state index in [2.05, 4.69) is 72.0 Å². The molecule has 0 bridgehead atoms. The van der Waals surface area contributed by atoms with E-state index in [1.165, 1.54) is 16.7 Å². The van der Waals surface area contributed by atoms with Crippen LogP contribution in [0.1, 0.15) is 21.9 Å². The number of nitrogens with zero attached hydrogens (tertiary/aromatic N) is 1. The first-order chi connectivity index (χ1) is 13.4. The number of hydrogen-bond acceptors (Lipinski definition) is 4. The minimum atomic E-state index is 0.137. The molecular formula is C23H24N2OS. The lowest BCUT2D eigenvalue weighted by molar-refractivity contribution is 0.0273. The summed E-state index contributed by atoms with van der Waals surface area (Å²) in [7, 11) is 0. The first-order valence-electron chi connectivity index (χ1n) is 9.42. The van der Waals surface area contributed by atoms with Gasteiger partial charge in [0.25, 0.3) is 0 Å². The zero-order valence-electron chi connectivity index (χ0n) is 15.3. The lowest BCUT2D eigenvalue weighted by atomic mass is 10.1. The fraction of sp³-hybridized carbons (Fsp3) is 0.261. The molecule has 1 aromatic heterocycles. The van der Waals surface area contributed by atoms with Gasteiger partial charge < -0.3 is 10.1 Å². The highest BCUT2D eigenvalue weighted by atomic mass is 32.2. The van der Waals surface area contributed by atoms with Gasteiger partial charge in [0.15, 0.2) is 0 Å². The van der Waals surface area contributed by atoms with Crippen LogP contribution in [0.2, 0.25) is 0 Å². The topological polar surface area (TPSA) is 34.2 Å². The van der Waals surface area contributed by atoms with Gasteiger partial charge in [-0.1, -0.05) is 78.5 Å². The Morgan fingerprint density at radius 2 is 1.78 bits per heavy atom. The van der Waals surface area contributed by atoms with E-state index in [9.17, 15) is 0 Å². The Morgan fingerprint density at radius 3 is 2.52 bits per heavy atom. The highest BCUT2D eigenvalue weighted by Crippen LogP contribution is 2.40. The van der Waals surface area contributed by atoms with Crippen molar-refractivity contribution in [2.45, 2.75) is 22.8 Å². The zero-order valence-corrected chi connectivity index (χ0v) is 16.1. The Balaban J connectivity index is 1.61. The van der Waals surface area contributed by atoms with E-state index in [0.29, 0.717) is 0 Å². The first kappa shape index (κ1) is 18.2. The van der Waals surface area contributed by atoms with Crippen molar-refractivity contribution in [1.82, 2.24) is 10.3 Å². The maximum atomic E-state index is 6.11. The van der Waals surface area contributed by atoms with Gasteiger partial charge in [-0.25, -0.2) is 4.98 Å². The van der Waals surface area contributed by atoms with Gasteiger partial charge in [0.2, 0.25) is 0 Å². The van der Waals surface area contributed by atoms with Gasteiger partial charge >= 0.3 is 0 Å². The van der Waals surface area contributed by atoms with Crippen molar-refractivity contribution in [1.29, 1.82) is 0 Å². The van der Waals surface area contributed by atoms with Crippen molar-refractivity contribution in [3.05, 3.63) is 95.7 Å². The van der Waals surface area contributed by atoms with Crippen LogP contribution in [0.5, 0.6) is 0 Å². The lowest BCUT2D eigenvalue weighted by Gasteiger charge is -2.31. The monoisotopic (exact) mass is 376 g/mol. The Hall–Kier alpha value is -2.14. The van der Waals surface area contributed by atoms with Gasteiger partial charge in [0.05, 0.1) is 18.0 Å². The first-order valence-corrected chi connectivity index (χ1v) is 10.3. The summed E-state index contributed by atoms with van der Waals surface area (Å²) in [5.41, 5.74) is 3.85. The number of nitrogens with one attached hydrogen (secondary N) is 1. The maximum absolute atomic E-state index is 6.11. The summed E-state index contributed by atoms with van der Waals surface area (Å²) in [6, 6.07) is 25.4. The molecule has 0 aliphatic carbocycles. The van der Waals surface area contributed by atoms with Crippen LogP contribution in [0.3, 0.4) is 0 Å². The normalized spacial score (nSPS) is 18.1. The predicted octanol–water partition coefficient (Wildman–Crippen LogP) is 4.49. The number of rotatable bonds is 6. The van der Waals surface area contributed by atoms with Gasteiger partial charge in [-0.15, -0.1) is 0 Å². The Labute approximate surface area is 165 Å². The van der Waals surface area contributed by atoms with E-state index in [0.717, 1.165) is 31.1 Å². The Kier molecular flexibility index (Phi) is 6.20. The van der Waals surface area contributed by atoms with Crippen LogP contribution in [0.4, 0.5) is 0 Å². The summed E-state index contributed by atoms with van der Waals surface area (Å²) in [4.78, 5) is 4.72. The van der Waals surface area contributed by atoms with E-state index in [1.54, 1.807) is 0 Å². The van der Waals surface area contributed by atoms with E-state index < -0.39 is 0 Å². The van der Waals surface area contributed by atoms with Gasteiger partial charge in [0.1, 0.15) is 5.03 Å². The Morgan fingerprint density at radius 1 is 1.00 bits per heavy atom. The van der Waals surface area contributed by atoms with Crippen molar-refractivity contribution in [2.75, 3.05) is 19.7 Å². The second-order valence-corrected chi connectivity index (χ2v) is 7.82. The molecule has 1 unspecified atom stereocenters. The molecule has 4 rings (SSSR count). The molecule has 2 heterocycles. The SMILES string of the molecule is c1ccc(Cc2cccnc2SC(c2ccccc2)[C@@H]2CNCCO2)cc1. The summed E-state index contributed by atoms with van der Waals surface area (Å²) >= 11 is 1.82. The van der Waals surface area contributed by atoms with Crippen LogP contribution >= 0.6 is 11.8 Å². The number of morpholine rings is 1. The zero-order chi connectivity index (χ0) is 18.3. The maximum Gasteiger partial charge on any atom is 0.100 e. The summed E-state index contributed by atoms with van der Waals surface area (Å²) in [6.07, 6.45) is 2.92. The van der Waals surface area contributed by atoms with Crippen LogP contribution in [-0.2, 0) is 11.2 Å². The molecule has 1 N–H and O–H groups in total.